The zero-order chi connectivity index (χ0) is 18.4. The van der Waals surface area contributed by atoms with Crippen LogP contribution in [0.3, 0.4) is 0 Å². The Morgan fingerprint density at radius 1 is 0.923 bits per heavy atom. The van der Waals surface area contributed by atoms with Gasteiger partial charge < -0.3 is 21.3 Å². The number of nitrogens with two attached hydrogens (primary N) is 1. The molecular formula is C20H24N4O2. The van der Waals surface area contributed by atoms with Crippen molar-refractivity contribution in [2.75, 3.05) is 23.3 Å². The zero-order valence-corrected chi connectivity index (χ0v) is 14.7. The molecule has 0 radical (unpaired) electrons. The average molecular weight is 352 g/mol. The molecule has 0 aliphatic carbocycles. The van der Waals surface area contributed by atoms with Gasteiger partial charge in [0.25, 0.3) is 5.91 Å². The highest BCUT2D eigenvalue weighted by Gasteiger charge is 2.11. The van der Waals surface area contributed by atoms with Gasteiger partial charge in [-0.3, -0.25) is 4.79 Å². The Kier molecular flexibility index (Phi) is 5.73. The van der Waals surface area contributed by atoms with Crippen LogP contribution in [0.25, 0.3) is 0 Å². The van der Waals surface area contributed by atoms with E-state index in [1.54, 1.807) is 24.3 Å². The maximum Gasteiger partial charge on any atom is 0.312 e. The molecule has 1 fully saturated rings. The Morgan fingerprint density at radius 2 is 1.58 bits per heavy atom. The van der Waals surface area contributed by atoms with E-state index in [1.165, 1.54) is 24.9 Å². The quantitative estimate of drug-likeness (QED) is 0.773. The van der Waals surface area contributed by atoms with Gasteiger partial charge in [0.15, 0.2) is 0 Å². The number of hydrogen-bond acceptors (Lipinski definition) is 3. The highest BCUT2D eigenvalue weighted by molar-refractivity contribution is 6.04. The van der Waals surface area contributed by atoms with Gasteiger partial charge >= 0.3 is 6.03 Å². The summed E-state index contributed by atoms with van der Waals surface area (Å²) in [7, 11) is 0. The van der Waals surface area contributed by atoms with Gasteiger partial charge in [0.1, 0.15) is 0 Å². The monoisotopic (exact) mass is 352 g/mol. The molecule has 0 atom stereocenters. The van der Waals surface area contributed by atoms with E-state index < -0.39 is 6.03 Å². The molecule has 2 aromatic rings. The Morgan fingerprint density at radius 3 is 2.19 bits per heavy atom. The fourth-order valence-corrected chi connectivity index (χ4v) is 3.07. The standard InChI is InChI=1S/C20H24N4O2/c21-20(26)22-14-15-4-6-16(7-5-15)19(25)23-17-8-10-18(11-9-17)24-12-2-1-3-13-24/h4-11H,1-3,12-14H2,(H,23,25)(H3,21,22,26). The number of nitrogens with zero attached hydrogens (tertiary/aromatic N) is 1. The maximum atomic E-state index is 12.4. The smallest absolute Gasteiger partial charge is 0.312 e. The van der Waals surface area contributed by atoms with Crippen molar-refractivity contribution in [1.29, 1.82) is 0 Å². The topological polar surface area (TPSA) is 87.5 Å². The molecule has 6 heteroatoms. The van der Waals surface area contributed by atoms with Crippen molar-refractivity contribution in [2.45, 2.75) is 25.8 Å². The maximum absolute atomic E-state index is 12.4. The first-order chi connectivity index (χ1) is 12.6. The summed E-state index contributed by atoms with van der Waals surface area (Å²) < 4.78 is 0. The van der Waals surface area contributed by atoms with Crippen LogP contribution in [0, 0.1) is 0 Å². The lowest BCUT2D eigenvalue weighted by Crippen LogP contribution is -2.29. The summed E-state index contributed by atoms with van der Waals surface area (Å²) in [5.74, 6) is -0.162. The summed E-state index contributed by atoms with van der Waals surface area (Å²) in [5.41, 5.74) is 8.47. The summed E-state index contributed by atoms with van der Waals surface area (Å²) in [4.78, 5) is 25.5. The molecule has 6 nitrogen and oxygen atoms in total. The van der Waals surface area contributed by atoms with Crippen LogP contribution in [0.15, 0.2) is 48.5 Å². The van der Waals surface area contributed by atoms with E-state index in [9.17, 15) is 9.59 Å². The molecule has 2 aromatic carbocycles. The summed E-state index contributed by atoms with van der Waals surface area (Å²) in [6.45, 7) is 2.54. The van der Waals surface area contributed by atoms with Crippen LogP contribution in [-0.4, -0.2) is 25.0 Å². The van der Waals surface area contributed by atoms with Crippen molar-refractivity contribution in [3.63, 3.8) is 0 Å². The van der Waals surface area contributed by atoms with E-state index in [-0.39, 0.29) is 5.91 Å². The SMILES string of the molecule is NC(=O)NCc1ccc(C(=O)Nc2ccc(N3CCCCC3)cc2)cc1. The number of hydrogen-bond donors (Lipinski definition) is 3. The predicted octanol–water partition coefficient (Wildman–Crippen LogP) is 3.10. The second-order valence-corrected chi connectivity index (χ2v) is 6.46. The molecule has 1 saturated heterocycles. The summed E-state index contributed by atoms with van der Waals surface area (Å²) in [6.07, 6.45) is 3.79. The Labute approximate surface area is 153 Å². The molecule has 1 aliphatic heterocycles. The van der Waals surface area contributed by atoms with Crippen molar-refractivity contribution in [2.24, 2.45) is 5.73 Å². The van der Waals surface area contributed by atoms with Crippen molar-refractivity contribution >= 4 is 23.3 Å². The highest BCUT2D eigenvalue weighted by Crippen LogP contribution is 2.22. The molecule has 0 bridgehead atoms. The minimum Gasteiger partial charge on any atom is -0.372 e. The number of urea groups is 1. The minimum absolute atomic E-state index is 0.162. The lowest BCUT2D eigenvalue weighted by molar-refractivity contribution is 0.102. The lowest BCUT2D eigenvalue weighted by atomic mass is 10.1. The molecule has 1 aliphatic rings. The second-order valence-electron chi connectivity index (χ2n) is 6.46. The van der Waals surface area contributed by atoms with Crippen LogP contribution in [-0.2, 0) is 6.54 Å². The molecule has 0 saturated carbocycles. The molecule has 1 heterocycles. The number of primary amides is 1. The number of nitrogens with one attached hydrogen (secondary N) is 2. The van der Waals surface area contributed by atoms with Crippen molar-refractivity contribution in [3.8, 4) is 0 Å². The van der Waals surface area contributed by atoms with Crippen LogP contribution >= 0.6 is 0 Å². The van der Waals surface area contributed by atoms with Gasteiger partial charge in [0.05, 0.1) is 0 Å². The van der Waals surface area contributed by atoms with Gasteiger partial charge in [-0.1, -0.05) is 12.1 Å². The fraction of sp³-hybridized carbons (Fsp3) is 0.300. The van der Waals surface area contributed by atoms with Gasteiger partial charge in [0, 0.05) is 36.6 Å². The van der Waals surface area contributed by atoms with Crippen LogP contribution < -0.4 is 21.3 Å². The Hall–Kier alpha value is -3.02. The largest absolute Gasteiger partial charge is 0.372 e. The number of rotatable bonds is 5. The first-order valence-electron chi connectivity index (χ1n) is 8.90. The Bertz CT molecular complexity index is 750. The van der Waals surface area contributed by atoms with Crippen LogP contribution in [0.5, 0.6) is 0 Å². The number of amides is 3. The highest BCUT2D eigenvalue weighted by atomic mass is 16.2. The zero-order valence-electron chi connectivity index (χ0n) is 14.7. The fourth-order valence-electron chi connectivity index (χ4n) is 3.07. The normalized spacial score (nSPS) is 13.9. The van der Waals surface area contributed by atoms with Crippen molar-refractivity contribution in [1.82, 2.24) is 5.32 Å². The second kappa shape index (κ2) is 8.38. The minimum atomic E-state index is -0.570. The Balaban J connectivity index is 1.57. The van der Waals surface area contributed by atoms with E-state index >= 15 is 0 Å². The number of benzene rings is 2. The van der Waals surface area contributed by atoms with Gasteiger partial charge in [-0.05, 0) is 61.2 Å². The van der Waals surface area contributed by atoms with E-state index in [4.69, 9.17) is 5.73 Å². The van der Waals surface area contributed by atoms with Crippen LogP contribution in [0.4, 0.5) is 16.2 Å². The molecular weight excluding hydrogens is 328 g/mol. The van der Waals surface area contributed by atoms with E-state index in [2.05, 4.69) is 27.7 Å². The summed E-state index contributed by atoms with van der Waals surface area (Å²) in [6, 6.07) is 14.5. The van der Waals surface area contributed by atoms with Crippen LogP contribution in [0.2, 0.25) is 0 Å². The molecule has 4 N–H and O–H groups in total. The molecule has 26 heavy (non-hydrogen) atoms. The molecule has 0 unspecified atom stereocenters. The van der Waals surface area contributed by atoms with Crippen molar-refractivity contribution in [3.05, 3.63) is 59.7 Å². The van der Waals surface area contributed by atoms with E-state index in [0.29, 0.717) is 12.1 Å². The molecule has 0 aromatic heterocycles. The third kappa shape index (κ3) is 4.75. The summed E-state index contributed by atoms with van der Waals surface area (Å²) >= 11 is 0. The van der Waals surface area contributed by atoms with Crippen molar-refractivity contribution < 1.29 is 9.59 Å². The van der Waals surface area contributed by atoms with Gasteiger partial charge in [-0.25, -0.2) is 4.79 Å². The predicted molar refractivity (Wildman–Crippen MR) is 103 cm³/mol. The molecule has 0 spiro atoms. The number of anilines is 2. The van der Waals surface area contributed by atoms with Gasteiger partial charge in [0.2, 0.25) is 0 Å². The molecule has 136 valence electrons. The number of carbonyl (C=O) groups is 2. The first-order valence-corrected chi connectivity index (χ1v) is 8.90. The van der Waals surface area contributed by atoms with Crippen LogP contribution in [0.1, 0.15) is 35.2 Å². The van der Waals surface area contributed by atoms with E-state index in [0.717, 1.165) is 24.3 Å². The van der Waals surface area contributed by atoms with E-state index in [1.807, 2.05) is 12.1 Å². The molecule has 3 rings (SSSR count). The van der Waals surface area contributed by atoms with Gasteiger partial charge in [-0.15, -0.1) is 0 Å². The number of carbonyl (C=O) groups excluding carboxylic acids is 2. The number of piperidine rings is 1. The molecule has 3 amide bonds. The third-order valence-corrected chi connectivity index (χ3v) is 4.53. The van der Waals surface area contributed by atoms with Gasteiger partial charge in [-0.2, -0.15) is 0 Å². The summed E-state index contributed by atoms with van der Waals surface area (Å²) in [5, 5.41) is 5.43. The first kappa shape index (κ1) is 17.8. The lowest BCUT2D eigenvalue weighted by Gasteiger charge is -2.28. The average Bonchev–Trinajstić information content (AvgIpc) is 2.68. The third-order valence-electron chi connectivity index (χ3n) is 4.53.